The standard InChI is InChI=1S/C21H17FN4O3S/c1-25(30(2,28)29)17-5-3-4-15(12-17)19-10-11-23-21-18(13-24-26(19)21)20(27)14-6-8-16(22)9-7-14/h3-13H,1-2H3. The van der Waals surface area contributed by atoms with Gasteiger partial charge in [-0.2, -0.15) is 5.10 Å². The SMILES string of the molecule is CN(c1cccc(-c2ccnc3c(C(=O)c4ccc(F)cc4)cnn23)c1)S(C)(=O)=O. The highest BCUT2D eigenvalue weighted by atomic mass is 32.2. The third-order valence-corrected chi connectivity index (χ3v) is 5.96. The van der Waals surface area contributed by atoms with Gasteiger partial charge in [0.1, 0.15) is 5.82 Å². The van der Waals surface area contributed by atoms with Crippen molar-refractivity contribution in [3.63, 3.8) is 0 Å². The van der Waals surface area contributed by atoms with Crippen LogP contribution >= 0.6 is 0 Å². The third kappa shape index (κ3) is 3.55. The molecule has 0 radical (unpaired) electrons. The Morgan fingerprint density at radius 2 is 1.83 bits per heavy atom. The Hall–Kier alpha value is -3.59. The molecule has 30 heavy (non-hydrogen) atoms. The van der Waals surface area contributed by atoms with Crippen LogP contribution in [0.4, 0.5) is 10.1 Å². The van der Waals surface area contributed by atoms with E-state index in [2.05, 4.69) is 10.1 Å². The Morgan fingerprint density at radius 1 is 1.10 bits per heavy atom. The van der Waals surface area contributed by atoms with E-state index in [1.807, 2.05) is 6.07 Å². The van der Waals surface area contributed by atoms with E-state index in [0.29, 0.717) is 28.2 Å². The monoisotopic (exact) mass is 424 g/mol. The highest BCUT2D eigenvalue weighted by Crippen LogP contribution is 2.26. The molecule has 0 atom stereocenters. The van der Waals surface area contributed by atoms with Crippen LogP contribution in [-0.4, -0.2) is 42.1 Å². The number of nitrogens with zero attached hydrogens (tertiary/aromatic N) is 4. The molecule has 2 aromatic heterocycles. The molecule has 0 aliphatic carbocycles. The molecule has 2 heterocycles. The number of carbonyl (C=O) groups is 1. The average molecular weight is 424 g/mol. The number of rotatable bonds is 5. The molecule has 0 spiro atoms. The van der Waals surface area contributed by atoms with Crippen molar-refractivity contribution in [1.82, 2.24) is 14.6 Å². The molecule has 0 saturated carbocycles. The smallest absolute Gasteiger partial charge is 0.231 e. The number of ketones is 1. The quantitative estimate of drug-likeness (QED) is 0.460. The number of halogens is 1. The van der Waals surface area contributed by atoms with Crippen LogP contribution in [0.1, 0.15) is 15.9 Å². The van der Waals surface area contributed by atoms with Gasteiger partial charge in [0.25, 0.3) is 0 Å². The zero-order chi connectivity index (χ0) is 21.5. The molecule has 2 aromatic carbocycles. The fourth-order valence-corrected chi connectivity index (χ4v) is 3.58. The van der Waals surface area contributed by atoms with Crippen molar-refractivity contribution in [3.8, 4) is 11.3 Å². The summed E-state index contributed by atoms with van der Waals surface area (Å²) < 4.78 is 39.6. The van der Waals surface area contributed by atoms with Crippen LogP contribution < -0.4 is 4.31 Å². The minimum atomic E-state index is -3.41. The van der Waals surface area contributed by atoms with Crippen LogP contribution in [0.15, 0.2) is 67.0 Å². The predicted molar refractivity (Wildman–Crippen MR) is 112 cm³/mol. The van der Waals surface area contributed by atoms with Crippen LogP contribution in [0.3, 0.4) is 0 Å². The Morgan fingerprint density at radius 3 is 2.53 bits per heavy atom. The van der Waals surface area contributed by atoms with Crippen LogP contribution in [0, 0.1) is 5.82 Å². The molecule has 0 N–H and O–H groups in total. The Kier molecular flexibility index (Phi) is 4.83. The zero-order valence-corrected chi connectivity index (χ0v) is 17.0. The van der Waals surface area contributed by atoms with E-state index in [1.165, 1.54) is 46.3 Å². The zero-order valence-electron chi connectivity index (χ0n) is 16.2. The van der Waals surface area contributed by atoms with Gasteiger partial charge in [-0.25, -0.2) is 22.3 Å². The maximum Gasteiger partial charge on any atom is 0.231 e. The lowest BCUT2D eigenvalue weighted by molar-refractivity contribution is 0.104. The number of anilines is 1. The van der Waals surface area contributed by atoms with Crippen molar-refractivity contribution < 1.29 is 17.6 Å². The van der Waals surface area contributed by atoms with Gasteiger partial charge in [0.15, 0.2) is 11.4 Å². The fraction of sp³-hybridized carbons (Fsp3) is 0.0952. The van der Waals surface area contributed by atoms with E-state index in [9.17, 15) is 17.6 Å². The first kappa shape index (κ1) is 19.7. The van der Waals surface area contributed by atoms with Crippen molar-refractivity contribution in [2.75, 3.05) is 17.6 Å². The topological polar surface area (TPSA) is 84.6 Å². The molecule has 0 bridgehead atoms. The summed E-state index contributed by atoms with van der Waals surface area (Å²) in [6, 6.07) is 14.0. The van der Waals surface area contributed by atoms with Gasteiger partial charge in [0.05, 0.1) is 29.4 Å². The second kappa shape index (κ2) is 7.34. The molecule has 4 rings (SSSR count). The minimum absolute atomic E-state index is 0.285. The average Bonchev–Trinajstić information content (AvgIpc) is 3.17. The van der Waals surface area contributed by atoms with Crippen molar-refractivity contribution >= 4 is 27.1 Å². The first-order chi connectivity index (χ1) is 14.3. The van der Waals surface area contributed by atoms with Gasteiger partial charge in [0, 0.05) is 24.4 Å². The third-order valence-electron chi connectivity index (χ3n) is 4.76. The number of hydrogen-bond donors (Lipinski definition) is 0. The number of benzene rings is 2. The molecule has 0 saturated heterocycles. The fourth-order valence-electron chi connectivity index (χ4n) is 3.08. The van der Waals surface area contributed by atoms with Crippen LogP contribution in [0.25, 0.3) is 16.9 Å². The Labute approximate surface area is 172 Å². The molecule has 152 valence electrons. The summed E-state index contributed by atoms with van der Waals surface area (Å²) in [5, 5.41) is 4.31. The van der Waals surface area contributed by atoms with E-state index in [-0.39, 0.29) is 11.3 Å². The van der Waals surface area contributed by atoms with E-state index >= 15 is 0 Å². The summed E-state index contributed by atoms with van der Waals surface area (Å²) in [4.78, 5) is 17.1. The number of aromatic nitrogens is 3. The van der Waals surface area contributed by atoms with Gasteiger partial charge in [0.2, 0.25) is 10.0 Å². The lowest BCUT2D eigenvalue weighted by Gasteiger charge is -2.17. The van der Waals surface area contributed by atoms with Gasteiger partial charge in [-0.05, 0) is 42.5 Å². The number of fused-ring (bicyclic) bond motifs is 1. The van der Waals surface area contributed by atoms with Crippen LogP contribution in [0.5, 0.6) is 0 Å². The van der Waals surface area contributed by atoms with Gasteiger partial charge in [-0.15, -0.1) is 0 Å². The van der Waals surface area contributed by atoms with Crippen LogP contribution in [0.2, 0.25) is 0 Å². The normalized spacial score (nSPS) is 11.6. The molecule has 0 aliphatic rings. The van der Waals surface area contributed by atoms with Crippen LogP contribution in [-0.2, 0) is 10.0 Å². The van der Waals surface area contributed by atoms with Crippen molar-refractivity contribution in [2.45, 2.75) is 0 Å². The highest BCUT2D eigenvalue weighted by Gasteiger charge is 2.19. The largest absolute Gasteiger partial charge is 0.288 e. The summed E-state index contributed by atoms with van der Waals surface area (Å²) in [6.07, 6.45) is 4.11. The minimum Gasteiger partial charge on any atom is -0.288 e. The van der Waals surface area contributed by atoms with Gasteiger partial charge in [-0.1, -0.05) is 12.1 Å². The number of sulfonamides is 1. The maximum absolute atomic E-state index is 13.2. The summed E-state index contributed by atoms with van der Waals surface area (Å²) in [5.74, 6) is -0.744. The molecular formula is C21H17FN4O3S. The summed E-state index contributed by atoms with van der Waals surface area (Å²) in [6.45, 7) is 0. The number of carbonyl (C=O) groups excluding carboxylic acids is 1. The van der Waals surface area contributed by atoms with Crippen molar-refractivity contribution in [1.29, 1.82) is 0 Å². The molecule has 9 heteroatoms. The first-order valence-electron chi connectivity index (χ1n) is 8.93. The van der Waals surface area contributed by atoms with E-state index < -0.39 is 15.8 Å². The maximum atomic E-state index is 13.2. The molecule has 0 aliphatic heterocycles. The predicted octanol–water partition coefficient (Wildman–Crippen LogP) is 3.16. The lowest BCUT2D eigenvalue weighted by atomic mass is 10.1. The second-order valence-corrected chi connectivity index (χ2v) is 8.75. The van der Waals surface area contributed by atoms with Gasteiger partial charge in [-0.3, -0.25) is 9.10 Å². The summed E-state index contributed by atoms with van der Waals surface area (Å²) >= 11 is 0. The van der Waals surface area contributed by atoms with Crippen molar-refractivity contribution in [2.24, 2.45) is 0 Å². The van der Waals surface area contributed by atoms with Gasteiger partial charge < -0.3 is 0 Å². The number of hydrogen-bond acceptors (Lipinski definition) is 5. The van der Waals surface area contributed by atoms with Crippen molar-refractivity contribution in [3.05, 3.63) is 83.9 Å². The van der Waals surface area contributed by atoms with E-state index in [0.717, 1.165) is 6.26 Å². The van der Waals surface area contributed by atoms with E-state index in [4.69, 9.17) is 0 Å². The summed E-state index contributed by atoms with van der Waals surface area (Å²) in [7, 11) is -1.93. The molecule has 0 fully saturated rings. The molecule has 7 nitrogen and oxygen atoms in total. The Balaban J connectivity index is 1.80. The highest BCUT2D eigenvalue weighted by molar-refractivity contribution is 7.92. The summed E-state index contributed by atoms with van der Waals surface area (Å²) in [5.41, 5.74) is 2.81. The molecular weight excluding hydrogens is 407 g/mol. The van der Waals surface area contributed by atoms with E-state index in [1.54, 1.807) is 30.5 Å². The molecule has 4 aromatic rings. The Bertz CT molecular complexity index is 1360. The van der Waals surface area contributed by atoms with Gasteiger partial charge >= 0.3 is 0 Å². The second-order valence-electron chi connectivity index (χ2n) is 6.74. The first-order valence-corrected chi connectivity index (χ1v) is 10.8. The lowest BCUT2D eigenvalue weighted by Crippen LogP contribution is -2.24. The molecule has 0 unspecified atom stereocenters. The molecule has 0 amide bonds.